The number of thiophene rings is 1. The molecule has 0 unspecified atom stereocenters. The zero-order valence-electron chi connectivity index (χ0n) is 9.37. The van der Waals surface area contributed by atoms with Crippen LogP contribution in [0.2, 0.25) is 0 Å². The molecule has 0 spiro atoms. The summed E-state index contributed by atoms with van der Waals surface area (Å²) >= 11 is 4.30. The van der Waals surface area contributed by atoms with Gasteiger partial charge in [-0.25, -0.2) is 8.42 Å². The standard InChI is InChI=1S/C10H12BrNO4S2/c11-8-3-4-10(17-8)18(15,16)12(6-9(13)14)5-7-1-2-7/h3-4,7H,1-2,5-6H2,(H,13,14). The van der Waals surface area contributed by atoms with Gasteiger partial charge in [0.05, 0.1) is 3.79 Å². The smallest absolute Gasteiger partial charge is 0.318 e. The first-order valence-electron chi connectivity index (χ1n) is 5.37. The quantitative estimate of drug-likeness (QED) is 0.848. The van der Waals surface area contributed by atoms with Gasteiger partial charge in [0.15, 0.2) is 0 Å². The molecule has 1 aliphatic rings. The number of sulfonamides is 1. The lowest BCUT2D eigenvalue weighted by atomic mass is 10.4. The van der Waals surface area contributed by atoms with Crippen molar-refractivity contribution in [3.05, 3.63) is 15.9 Å². The summed E-state index contributed by atoms with van der Waals surface area (Å²) < 4.78 is 26.5. The molecule has 100 valence electrons. The number of rotatable bonds is 6. The van der Waals surface area contributed by atoms with E-state index in [4.69, 9.17) is 5.11 Å². The van der Waals surface area contributed by atoms with Crippen molar-refractivity contribution in [3.63, 3.8) is 0 Å². The van der Waals surface area contributed by atoms with Gasteiger partial charge in [-0.15, -0.1) is 11.3 Å². The van der Waals surface area contributed by atoms with Gasteiger partial charge in [-0.3, -0.25) is 4.79 Å². The molecule has 1 heterocycles. The van der Waals surface area contributed by atoms with Crippen LogP contribution < -0.4 is 0 Å². The highest BCUT2D eigenvalue weighted by Gasteiger charge is 2.33. The molecular formula is C10H12BrNO4S2. The Labute approximate surface area is 118 Å². The average molecular weight is 354 g/mol. The van der Waals surface area contributed by atoms with Crippen LogP contribution in [0, 0.1) is 5.92 Å². The van der Waals surface area contributed by atoms with Gasteiger partial charge in [-0.05, 0) is 46.8 Å². The van der Waals surface area contributed by atoms with Crippen molar-refractivity contribution in [3.8, 4) is 0 Å². The minimum Gasteiger partial charge on any atom is -0.480 e. The van der Waals surface area contributed by atoms with Gasteiger partial charge < -0.3 is 5.11 Å². The molecule has 2 rings (SSSR count). The first-order valence-corrected chi connectivity index (χ1v) is 8.42. The number of carboxylic acids is 1. The van der Waals surface area contributed by atoms with E-state index in [-0.39, 0.29) is 4.21 Å². The Kier molecular flexibility index (Phi) is 4.10. The first kappa shape index (κ1) is 14.0. The number of carboxylic acid groups (broad SMARTS) is 1. The largest absolute Gasteiger partial charge is 0.480 e. The molecule has 18 heavy (non-hydrogen) atoms. The van der Waals surface area contributed by atoms with Crippen molar-refractivity contribution in [2.75, 3.05) is 13.1 Å². The molecule has 1 saturated carbocycles. The molecule has 0 radical (unpaired) electrons. The SMILES string of the molecule is O=C(O)CN(CC1CC1)S(=O)(=O)c1ccc(Br)s1. The van der Waals surface area contributed by atoms with E-state index in [9.17, 15) is 13.2 Å². The van der Waals surface area contributed by atoms with E-state index in [1.54, 1.807) is 6.07 Å². The predicted octanol–water partition coefficient (Wildman–Crippen LogP) is 2.00. The first-order chi connectivity index (χ1) is 8.39. The highest BCUT2D eigenvalue weighted by atomic mass is 79.9. The third-order valence-electron chi connectivity index (χ3n) is 2.61. The molecule has 0 bridgehead atoms. The summed E-state index contributed by atoms with van der Waals surface area (Å²) in [6.07, 6.45) is 1.94. The van der Waals surface area contributed by atoms with Gasteiger partial charge in [-0.2, -0.15) is 4.31 Å². The van der Waals surface area contributed by atoms with Crippen LogP contribution in [-0.4, -0.2) is 36.9 Å². The monoisotopic (exact) mass is 353 g/mol. The summed E-state index contributed by atoms with van der Waals surface area (Å²) in [7, 11) is -3.69. The lowest BCUT2D eigenvalue weighted by molar-refractivity contribution is -0.137. The fourth-order valence-electron chi connectivity index (χ4n) is 1.55. The molecule has 0 atom stereocenters. The van der Waals surface area contributed by atoms with Gasteiger partial charge in [0.2, 0.25) is 0 Å². The van der Waals surface area contributed by atoms with E-state index >= 15 is 0 Å². The molecule has 0 amide bonds. The molecular weight excluding hydrogens is 342 g/mol. The minimum absolute atomic E-state index is 0.177. The topological polar surface area (TPSA) is 74.7 Å². The van der Waals surface area contributed by atoms with Crippen molar-refractivity contribution in [1.82, 2.24) is 4.31 Å². The number of hydrogen-bond acceptors (Lipinski definition) is 4. The van der Waals surface area contributed by atoms with E-state index < -0.39 is 22.5 Å². The zero-order chi connectivity index (χ0) is 13.3. The van der Waals surface area contributed by atoms with Gasteiger partial charge >= 0.3 is 5.97 Å². The second kappa shape index (κ2) is 5.28. The van der Waals surface area contributed by atoms with E-state index in [1.165, 1.54) is 6.07 Å². The summed E-state index contributed by atoms with van der Waals surface area (Å²) in [6.45, 7) is -0.182. The lowest BCUT2D eigenvalue weighted by Crippen LogP contribution is -2.36. The Morgan fingerprint density at radius 3 is 2.61 bits per heavy atom. The Hall–Kier alpha value is -0.440. The number of aliphatic carboxylic acids is 1. The Morgan fingerprint density at radius 2 is 2.17 bits per heavy atom. The van der Waals surface area contributed by atoms with E-state index in [2.05, 4.69) is 15.9 Å². The van der Waals surface area contributed by atoms with Crippen molar-refractivity contribution >= 4 is 43.3 Å². The molecule has 1 aromatic rings. The maximum atomic E-state index is 12.3. The van der Waals surface area contributed by atoms with Crippen LogP contribution in [0.5, 0.6) is 0 Å². The maximum absolute atomic E-state index is 12.3. The van der Waals surface area contributed by atoms with Crippen LogP contribution >= 0.6 is 27.3 Å². The van der Waals surface area contributed by atoms with Crippen LogP contribution in [0.3, 0.4) is 0 Å². The second-order valence-corrected chi connectivity index (χ2v) is 8.82. The van der Waals surface area contributed by atoms with Crippen LogP contribution in [-0.2, 0) is 14.8 Å². The van der Waals surface area contributed by atoms with Gasteiger partial charge in [0, 0.05) is 6.54 Å². The molecule has 0 saturated heterocycles. The molecule has 1 N–H and O–H groups in total. The van der Waals surface area contributed by atoms with Gasteiger partial charge in [0.1, 0.15) is 10.8 Å². The molecule has 1 fully saturated rings. The van der Waals surface area contributed by atoms with Crippen LogP contribution in [0.25, 0.3) is 0 Å². The summed E-state index contributed by atoms with van der Waals surface area (Å²) in [5.41, 5.74) is 0. The summed E-state index contributed by atoms with van der Waals surface area (Å²) in [6, 6.07) is 3.14. The molecule has 8 heteroatoms. The highest BCUT2D eigenvalue weighted by Crippen LogP contribution is 2.33. The van der Waals surface area contributed by atoms with Crippen LogP contribution in [0.1, 0.15) is 12.8 Å². The number of carbonyl (C=O) groups is 1. The van der Waals surface area contributed by atoms with Gasteiger partial charge in [0.25, 0.3) is 10.0 Å². The van der Waals surface area contributed by atoms with Crippen molar-refractivity contribution in [2.24, 2.45) is 5.92 Å². The average Bonchev–Trinajstić information content (AvgIpc) is 2.96. The molecule has 0 aromatic carbocycles. The van der Waals surface area contributed by atoms with E-state index in [0.717, 1.165) is 28.5 Å². The molecule has 1 aliphatic carbocycles. The Balaban J connectivity index is 2.24. The van der Waals surface area contributed by atoms with Crippen LogP contribution in [0.15, 0.2) is 20.1 Å². The van der Waals surface area contributed by atoms with E-state index in [0.29, 0.717) is 16.2 Å². The lowest BCUT2D eigenvalue weighted by Gasteiger charge is -2.18. The fraction of sp³-hybridized carbons (Fsp3) is 0.500. The molecule has 0 aliphatic heterocycles. The summed E-state index contributed by atoms with van der Waals surface area (Å²) in [5.74, 6) is -0.822. The Bertz CT molecular complexity index is 550. The van der Waals surface area contributed by atoms with Gasteiger partial charge in [-0.1, -0.05) is 0 Å². The third kappa shape index (κ3) is 3.31. The number of hydrogen-bond donors (Lipinski definition) is 1. The number of halogens is 1. The van der Waals surface area contributed by atoms with Crippen molar-refractivity contribution in [1.29, 1.82) is 0 Å². The second-order valence-electron chi connectivity index (χ2n) is 4.19. The molecule has 5 nitrogen and oxygen atoms in total. The highest BCUT2D eigenvalue weighted by molar-refractivity contribution is 9.11. The van der Waals surface area contributed by atoms with Crippen molar-refractivity contribution < 1.29 is 18.3 Å². The minimum atomic E-state index is -3.69. The maximum Gasteiger partial charge on any atom is 0.318 e. The third-order valence-corrected chi connectivity index (χ3v) is 6.52. The van der Waals surface area contributed by atoms with Crippen molar-refractivity contribution in [2.45, 2.75) is 17.1 Å². The summed E-state index contributed by atoms with van der Waals surface area (Å²) in [4.78, 5) is 10.8. The normalized spacial score (nSPS) is 16.1. The zero-order valence-corrected chi connectivity index (χ0v) is 12.6. The Morgan fingerprint density at radius 1 is 1.50 bits per heavy atom. The number of nitrogens with zero attached hydrogens (tertiary/aromatic N) is 1. The molecule has 1 aromatic heterocycles. The summed E-state index contributed by atoms with van der Waals surface area (Å²) in [5, 5.41) is 8.82. The van der Waals surface area contributed by atoms with Crippen LogP contribution in [0.4, 0.5) is 0 Å². The van der Waals surface area contributed by atoms with E-state index in [1.807, 2.05) is 0 Å². The predicted molar refractivity (Wildman–Crippen MR) is 71.1 cm³/mol. The fourth-order valence-corrected chi connectivity index (χ4v) is 5.18.